The summed E-state index contributed by atoms with van der Waals surface area (Å²) in [5, 5.41) is 8.80. The summed E-state index contributed by atoms with van der Waals surface area (Å²) >= 11 is 0. The molecule has 4 nitrogen and oxygen atoms in total. The molecule has 0 aromatic heterocycles. The van der Waals surface area contributed by atoms with E-state index in [1.165, 1.54) is 25.8 Å². The number of hydrogen-bond acceptors (Lipinski definition) is 3. The van der Waals surface area contributed by atoms with E-state index in [9.17, 15) is 4.79 Å². The van der Waals surface area contributed by atoms with E-state index in [4.69, 9.17) is 5.11 Å². The van der Waals surface area contributed by atoms with Crippen molar-refractivity contribution in [3.8, 4) is 0 Å². The van der Waals surface area contributed by atoms with Gasteiger partial charge in [-0.3, -0.25) is 14.6 Å². The largest absolute Gasteiger partial charge is 0.481 e. The SMILES string of the molecule is CC(C)N(CCC(=O)O)C1CCN(C2CC2)C1. The van der Waals surface area contributed by atoms with Crippen LogP contribution in [-0.2, 0) is 4.79 Å². The van der Waals surface area contributed by atoms with Gasteiger partial charge in [0.2, 0.25) is 0 Å². The quantitative estimate of drug-likeness (QED) is 0.762. The summed E-state index contributed by atoms with van der Waals surface area (Å²) < 4.78 is 0. The van der Waals surface area contributed by atoms with Gasteiger partial charge < -0.3 is 5.11 Å². The summed E-state index contributed by atoms with van der Waals surface area (Å²) in [6.07, 6.45) is 4.19. The minimum atomic E-state index is -0.687. The molecule has 0 spiro atoms. The fourth-order valence-corrected chi connectivity index (χ4v) is 2.90. The molecule has 1 N–H and O–H groups in total. The van der Waals surface area contributed by atoms with Crippen LogP contribution in [0, 0.1) is 0 Å². The third-order valence-electron chi connectivity index (χ3n) is 3.97. The number of aliphatic carboxylic acids is 1. The van der Waals surface area contributed by atoms with Gasteiger partial charge in [0.25, 0.3) is 0 Å². The highest BCUT2D eigenvalue weighted by molar-refractivity contribution is 5.66. The van der Waals surface area contributed by atoms with Crippen molar-refractivity contribution in [3.63, 3.8) is 0 Å². The van der Waals surface area contributed by atoms with Crippen LogP contribution in [0.1, 0.15) is 39.5 Å². The van der Waals surface area contributed by atoms with Gasteiger partial charge in [-0.1, -0.05) is 0 Å². The lowest BCUT2D eigenvalue weighted by atomic mass is 10.1. The van der Waals surface area contributed by atoms with E-state index in [1.54, 1.807) is 0 Å². The molecule has 1 saturated heterocycles. The lowest BCUT2D eigenvalue weighted by Gasteiger charge is -2.32. The highest BCUT2D eigenvalue weighted by atomic mass is 16.4. The second-order valence-electron chi connectivity index (χ2n) is 5.64. The number of carboxylic acid groups (broad SMARTS) is 1. The van der Waals surface area contributed by atoms with Crippen LogP contribution in [-0.4, -0.2) is 58.6 Å². The molecule has 4 heteroatoms. The van der Waals surface area contributed by atoms with Gasteiger partial charge in [0.1, 0.15) is 0 Å². The third kappa shape index (κ3) is 3.42. The molecule has 2 aliphatic rings. The van der Waals surface area contributed by atoms with Crippen molar-refractivity contribution in [1.29, 1.82) is 0 Å². The zero-order chi connectivity index (χ0) is 12.4. The Morgan fingerprint density at radius 1 is 1.41 bits per heavy atom. The fourth-order valence-electron chi connectivity index (χ4n) is 2.90. The van der Waals surface area contributed by atoms with Crippen LogP contribution in [0.15, 0.2) is 0 Å². The monoisotopic (exact) mass is 240 g/mol. The van der Waals surface area contributed by atoms with E-state index in [0.717, 1.165) is 12.6 Å². The summed E-state index contributed by atoms with van der Waals surface area (Å²) in [4.78, 5) is 15.6. The molecule has 1 heterocycles. The molecule has 1 aliphatic carbocycles. The number of nitrogens with zero attached hydrogens (tertiary/aromatic N) is 2. The maximum atomic E-state index is 10.7. The molecule has 1 saturated carbocycles. The molecule has 0 aromatic rings. The Kier molecular flexibility index (Phi) is 4.05. The van der Waals surface area contributed by atoms with Crippen LogP contribution in [0.3, 0.4) is 0 Å². The normalized spacial score (nSPS) is 26.0. The third-order valence-corrected chi connectivity index (χ3v) is 3.97. The minimum absolute atomic E-state index is 0.262. The first-order chi connectivity index (χ1) is 8.08. The first kappa shape index (κ1) is 12.8. The first-order valence-electron chi connectivity index (χ1n) is 6.79. The molecule has 0 aromatic carbocycles. The standard InChI is InChI=1S/C13H24N2O2/c1-10(2)15(8-6-13(16)17)12-5-7-14(9-12)11-3-4-11/h10-12H,3-9H2,1-2H3,(H,16,17). The second kappa shape index (κ2) is 5.36. The second-order valence-corrected chi connectivity index (χ2v) is 5.64. The molecule has 1 atom stereocenters. The summed E-state index contributed by atoms with van der Waals surface area (Å²) in [5.41, 5.74) is 0. The molecular formula is C13H24N2O2. The van der Waals surface area contributed by atoms with E-state index < -0.39 is 5.97 Å². The molecule has 2 rings (SSSR count). The number of likely N-dealkylation sites (tertiary alicyclic amines) is 1. The summed E-state index contributed by atoms with van der Waals surface area (Å²) in [6, 6.07) is 1.85. The molecule has 98 valence electrons. The topological polar surface area (TPSA) is 43.8 Å². The van der Waals surface area contributed by atoms with E-state index in [1.807, 2.05) is 0 Å². The van der Waals surface area contributed by atoms with Crippen molar-refractivity contribution in [3.05, 3.63) is 0 Å². The van der Waals surface area contributed by atoms with Crippen molar-refractivity contribution >= 4 is 5.97 Å². The zero-order valence-corrected chi connectivity index (χ0v) is 10.9. The Morgan fingerprint density at radius 2 is 2.12 bits per heavy atom. The maximum absolute atomic E-state index is 10.7. The Balaban J connectivity index is 1.85. The van der Waals surface area contributed by atoms with Crippen LogP contribution >= 0.6 is 0 Å². The fraction of sp³-hybridized carbons (Fsp3) is 0.923. The number of carboxylic acids is 1. The van der Waals surface area contributed by atoms with Gasteiger partial charge in [-0.05, 0) is 33.1 Å². The minimum Gasteiger partial charge on any atom is -0.481 e. The van der Waals surface area contributed by atoms with Crippen molar-refractivity contribution in [2.24, 2.45) is 0 Å². The van der Waals surface area contributed by atoms with Crippen molar-refractivity contribution < 1.29 is 9.90 Å². The van der Waals surface area contributed by atoms with Gasteiger partial charge in [-0.2, -0.15) is 0 Å². The molecule has 1 unspecified atom stereocenters. The van der Waals surface area contributed by atoms with E-state index >= 15 is 0 Å². The van der Waals surface area contributed by atoms with Crippen molar-refractivity contribution in [1.82, 2.24) is 9.80 Å². The summed E-state index contributed by atoms with van der Waals surface area (Å²) in [7, 11) is 0. The van der Waals surface area contributed by atoms with E-state index in [2.05, 4.69) is 23.6 Å². The predicted molar refractivity (Wildman–Crippen MR) is 67.1 cm³/mol. The number of hydrogen-bond donors (Lipinski definition) is 1. The predicted octanol–water partition coefficient (Wildman–Crippen LogP) is 1.41. The number of carbonyl (C=O) groups is 1. The molecule has 0 radical (unpaired) electrons. The lowest BCUT2D eigenvalue weighted by Crippen LogP contribution is -2.43. The van der Waals surface area contributed by atoms with Crippen molar-refractivity contribution in [2.45, 2.75) is 57.7 Å². The molecule has 1 aliphatic heterocycles. The van der Waals surface area contributed by atoms with Crippen LogP contribution in [0.5, 0.6) is 0 Å². The van der Waals surface area contributed by atoms with Crippen LogP contribution in [0.25, 0.3) is 0 Å². The van der Waals surface area contributed by atoms with Gasteiger partial charge in [-0.25, -0.2) is 0 Å². The van der Waals surface area contributed by atoms with Gasteiger partial charge in [0.15, 0.2) is 0 Å². The van der Waals surface area contributed by atoms with Gasteiger partial charge in [0.05, 0.1) is 6.42 Å². The van der Waals surface area contributed by atoms with E-state index in [-0.39, 0.29) is 6.42 Å². The Labute approximate surface area is 104 Å². The Hall–Kier alpha value is -0.610. The van der Waals surface area contributed by atoms with E-state index in [0.29, 0.717) is 18.6 Å². The van der Waals surface area contributed by atoms with Gasteiger partial charge in [0, 0.05) is 37.8 Å². The first-order valence-corrected chi connectivity index (χ1v) is 6.79. The maximum Gasteiger partial charge on any atom is 0.304 e. The molecule has 0 bridgehead atoms. The molecule has 17 heavy (non-hydrogen) atoms. The van der Waals surface area contributed by atoms with Gasteiger partial charge >= 0.3 is 5.97 Å². The Bertz CT molecular complexity index is 277. The highest BCUT2D eigenvalue weighted by Crippen LogP contribution is 2.31. The lowest BCUT2D eigenvalue weighted by molar-refractivity contribution is -0.137. The zero-order valence-electron chi connectivity index (χ0n) is 10.9. The summed E-state index contributed by atoms with van der Waals surface area (Å²) in [6.45, 7) is 7.37. The Morgan fingerprint density at radius 3 is 2.65 bits per heavy atom. The molecular weight excluding hydrogens is 216 g/mol. The van der Waals surface area contributed by atoms with Crippen LogP contribution < -0.4 is 0 Å². The average Bonchev–Trinajstić information content (AvgIpc) is 2.98. The molecule has 2 fully saturated rings. The average molecular weight is 240 g/mol. The van der Waals surface area contributed by atoms with Crippen LogP contribution in [0.2, 0.25) is 0 Å². The van der Waals surface area contributed by atoms with Crippen molar-refractivity contribution in [2.75, 3.05) is 19.6 Å². The highest BCUT2D eigenvalue weighted by Gasteiger charge is 2.36. The van der Waals surface area contributed by atoms with Crippen LogP contribution in [0.4, 0.5) is 0 Å². The number of rotatable bonds is 6. The van der Waals surface area contributed by atoms with Gasteiger partial charge in [-0.15, -0.1) is 0 Å². The smallest absolute Gasteiger partial charge is 0.304 e. The summed E-state index contributed by atoms with van der Waals surface area (Å²) in [5.74, 6) is -0.687. The molecule has 0 amide bonds.